The zero-order chi connectivity index (χ0) is 18.5. The van der Waals surface area contributed by atoms with Crippen molar-refractivity contribution in [2.75, 3.05) is 13.7 Å². The largest absolute Gasteiger partial charge is 0.497 e. The number of ether oxygens (including phenoxy) is 1. The summed E-state index contributed by atoms with van der Waals surface area (Å²) < 4.78 is 5.17. The highest BCUT2D eigenvalue weighted by Crippen LogP contribution is 2.34. The number of thioether (sulfide) groups is 1. The lowest BCUT2D eigenvalue weighted by Crippen LogP contribution is -2.29. The van der Waals surface area contributed by atoms with E-state index in [4.69, 9.17) is 16.3 Å². The van der Waals surface area contributed by atoms with Crippen LogP contribution in [-0.4, -0.2) is 29.6 Å². The van der Waals surface area contributed by atoms with Crippen molar-refractivity contribution < 1.29 is 9.53 Å². The quantitative estimate of drug-likeness (QED) is 0.649. The fraction of sp³-hybridized carbons (Fsp3) is 0.200. The highest BCUT2D eigenvalue weighted by Gasteiger charge is 2.32. The molecule has 0 atom stereocenters. The van der Waals surface area contributed by atoms with Crippen LogP contribution in [0.5, 0.6) is 5.75 Å². The number of hydrogen-bond donors (Lipinski definition) is 0. The van der Waals surface area contributed by atoms with E-state index in [0.717, 1.165) is 23.4 Å². The number of aliphatic imine (C=N–C) groups is 1. The van der Waals surface area contributed by atoms with E-state index in [9.17, 15) is 4.79 Å². The lowest BCUT2D eigenvalue weighted by molar-refractivity contribution is -0.122. The molecule has 2 aromatic rings. The average molecular weight is 387 g/mol. The van der Waals surface area contributed by atoms with Gasteiger partial charge in [0, 0.05) is 11.6 Å². The van der Waals surface area contributed by atoms with Gasteiger partial charge in [0.15, 0.2) is 5.17 Å². The van der Waals surface area contributed by atoms with Crippen LogP contribution < -0.4 is 4.74 Å². The molecule has 0 spiro atoms. The van der Waals surface area contributed by atoms with Crippen molar-refractivity contribution in [3.05, 3.63) is 64.0 Å². The summed E-state index contributed by atoms with van der Waals surface area (Å²) in [4.78, 5) is 19.8. The van der Waals surface area contributed by atoms with Crippen molar-refractivity contribution in [1.29, 1.82) is 0 Å². The van der Waals surface area contributed by atoms with Crippen LogP contribution in [0.25, 0.3) is 6.08 Å². The van der Waals surface area contributed by atoms with Gasteiger partial charge in [0.05, 0.1) is 17.7 Å². The Morgan fingerprint density at radius 2 is 1.85 bits per heavy atom. The van der Waals surface area contributed by atoms with Gasteiger partial charge in [-0.1, -0.05) is 30.7 Å². The van der Waals surface area contributed by atoms with Gasteiger partial charge >= 0.3 is 0 Å². The Balaban J connectivity index is 1.90. The van der Waals surface area contributed by atoms with E-state index in [2.05, 4.69) is 4.99 Å². The monoisotopic (exact) mass is 386 g/mol. The lowest BCUT2D eigenvalue weighted by Gasteiger charge is -2.14. The topological polar surface area (TPSA) is 41.9 Å². The number of carbonyl (C=O) groups is 1. The third-order valence-electron chi connectivity index (χ3n) is 3.80. The molecular formula is C20H19ClN2O2S. The fourth-order valence-corrected chi connectivity index (χ4v) is 3.64. The second-order valence-electron chi connectivity index (χ2n) is 5.71. The molecule has 4 nitrogen and oxygen atoms in total. The summed E-state index contributed by atoms with van der Waals surface area (Å²) in [7, 11) is 1.63. The van der Waals surface area contributed by atoms with Gasteiger partial charge in [0.2, 0.25) is 0 Å². The Morgan fingerprint density at radius 3 is 2.46 bits per heavy atom. The van der Waals surface area contributed by atoms with Crippen LogP contribution in [0.3, 0.4) is 0 Å². The third kappa shape index (κ3) is 4.29. The summed E-state index contributed by atoms with van der Waals surface area (Å²) in [5.41, 5.74) is 1.72. The fourth-order valence-electron chi connectivity index (χ4n) is 2.49. The first-order chi connectivity index (χ1) is 12.6. The molecule has 1 amide bonds. The molecule has 3 rings (SSSR count). The smallest absolute Gasteiger partial charge is 0.266 e. The first-order valence-electron chi connectivity index (χ1n) is 8.30. The van der Waals surface area contributed by atoms with E-state index in [1.807, 2.05) is 61.5 Å². The van der Waals surface area contributed by atoms with Crippen LogP contribution in [-0.2, 0) is 4.79 Å². The summed E-state index contributed by atoms with van der Waals surface area (Å²) in [6, 6.07) is 14.9. The molecule has 0 saturated carbocycles. The van der Waals surface area contributed by atoms with E-state index in [1.165, 1.54) is 11.8 Å². The number of methoxy groups -OCH3 is 1. The third-order valence-corrected chi connectivity index (χ3v) is 5.06. The van der Waals surface area contributed by atoms with Gasteiger partial charge in [-0.15, -0.1) is 0 Å². The van der Waals surface area contributed by atoms with Crippen LogP contribution in [0.1, 0.15) is 18.9 Å². The van der Waals surface area contributed by atoms with Crippen molar-refractivity contribution in [2.45, 2.75) is 13.3 Å². The molecule has 0 bridgehead atoms. The van der Waals surface area contributed by atoms with Gasteiger partial charge in [0.1, 0.15) is 5.75 Å². The Kier molecular flexibility index (Phi) is 6.01. The number of carbonyl (C=O) groups excluding carboxylic acids is 1. The maximum absolute atomic E-state index is 12.8. The van der Waals surface area contributed by atoms with Crippen molar-refractivity contribution in [2.24, 2.45) is 4.99 Å². The second kappa shape index (κ2) is 8.43. The predicted molar refractivity (Wildman–Crippen MR) is 109 cm³/mol. The minimum atomic E-state index is -0.0148. The second-order valence-corrected chi connectivity index (χ2v) is 7.16. The first kappa shape index (κ1) is 18.5. The number of nitrogens with zero attached hydrogens (tertiary/aromatic N) is 2. The normalized spacial score (nSPS) is 17.3. The van der Waals surface area contributed by atoms with Gasteiger partial charge in [-0.3, -0.25) is 9.69 Å². The summed E-state index contributed by atoms with van der Waals surface area (Å²) >= 11 is 7.32. The van der Waals surface area contributed by atoms with Crippen molar-refractivity contribution in [1.82, 2.24) is 4.90 Å². The number of halogens is 1. The van der Waals surface area contributed by atoms with Crippen LogP contribution in [0.15, 0.2) is 58.4 Å². The average Bonchev–Trinajstić information content (AvgIpc) is 2.93. The summed E-state index contributed by atoms with van der Waals surface area (Å²) in [5, 5.41) is 1.37. The molecule has 1 fully saturated rings. The van der Waals surface area contributed by atoms with Crippen LogP contribution in [0, 0.1) is 0 Å². The number of amidine groups is 1. The SMILES string of the molecule is CCCN1C(=O)C(=Cc2ccc(Cl)cc2)SC1=Nc1ccc(OC)cc1. The Morgan fingerprint density at radius 1 is 1.15 bits per heavy atom. The number of rotatable bonds is 5. The zero-order valence-corrected chi connectivity index (χ0v) is 16.2. The van der Waals surface area contributed by atoms with Crippen LogP contribution in [0.2, 0.25) is 5.02 Å². The standard InChI is InChI=1S/C20H19ClN2O2S/c1-3-12-23-19(24)18(13-14-4-6-15(21)7-5-14)26-20(23)22-16-8-10-17(25-2)11-9-16/h4-11,13H,3,12H2,1-2H3. The summed E-state index contributed by atoms with van der Waals surface area (Å²) in [5.74, 6) is 0.761. The molecule has 6 heteroatoms. The number of amides is 1. The Hall–Kier alpha value is -2.24. The molecule has 0 radical (unpaired) electrons. The highest BCUT2D eigenvalue weighted by atomic mass is 35.5. The molecule has 2 aromatic carbocycles. The van der Waals surface area contributed by atoms with Crippen molar-refractivity contribution in [3.8, 4) is 5.75 Å². The molecule has 0 aromatic heterocycles. The number of hydrogen-bond acceptors (Lipinski definition) is 4. The maximum atomic E-state index is 12.8. The van der Waals surface area contributed by atoms with E-state index in [-0.39, 0.29) is 5.91 Å². The van der Waals surface area contributed by atoms with E-state index in [0.29, 0.717) is 21.6 Å². The molecule has 1 aliphatic heterocycles. The molecule has 0 N–H and O–H groups in total. The molecule has 26 heavy (non-hydrogen) atoms. The van der Waals surface area contributed by atoms with Gasteiger partial charge in [0.25, 0.3) is 5.91 Å². The Labute approximate surface area is 162 Å². The lowest BCUT2D eigenvalue weighted by atomic mass is 10.2. The van der Waals surface area contributed by atoms with Gasteiger partial charge in [-0.25, -0.2) is 4.99 Å². The van der Waals surface area contributed by atoms with Crippen molar-refractivity contribution >= 4 is 46.2 Å². The maximum Gasteiger partial charge on any atom is 0.266 e. The van der Waals surface area contributed by atoms with Gasteiger partial charge in [-0.2, -0.15) is 0 Å². The minimum absolute atomic E-state index is 0.0148. The van der Waals surface area contributed by atoms with E-state index < -0.39 is 0 Å². The van der Waals surface area contributed by atoms with Gasteiger partial charge < -0.3 is 4.74 Å². The minimum Gasteiger partial charge on any atom is -0.497 e. The number of benzene rings is 2. The van der Waals surface area contributed by atoms with E-state index >= 15 is 0 Å². The summed E-state index contributed by atoms with van der Waals surface area (Å²) in [6.07, 6.45) is 2.74. The molecule has 1 aliphatic rings. The molecule has 0 unspecified atom stereocenters. The molecule has 134 valence electrons. The highest BCUT2D eigenvalue weighted by molar-refractivity contribution is 8.18. The van der Waals surface area contributed by atoms with Crippen molar-refractivity contribution in [3.63, 3.8) is 0 Å². The van der Waals surface area contributed by atoms with Crippen LogP contribution >= 0.6 is 23.4 Å². The Bertz CT molecular complexity index is 845. The van der Waals surface area contributed by atoms with Gasteiger partial charge in [-0.05, 0) is 66.2 Å². The summed E-state index contributed by atoms with van der Waals surface area (Å²) in [6.45, 7) is 2.68. The molecule has 1 saturated heterocycles. The first-order valence-corrected chi connectivity index (χ1v) is 9.50. The van der Waals surface area contributed by atoms with E-state index in [1.54, 1.807) is 12.0 Å². The zero-order valence-electron chi connectivity index (χ0n) is 14.6. The molecule has 1 heterocycles. The predicted octanol–water partition coefficient (Wildman–Crippen LogP) is 5.36. The molecular weight excluding hydrogens is 368 g/mol. The molecule has 0 aliphatic carbocycles. The van der Waals surface area contributed by atoms with Crippen LogP contribution in [0.4, 0.5) is 5.69 Å².